The van der Waals surface area contributed by atoms with E-state index in [1.165, 1.54) is 21.7 Å². The second-order valence-electron chi connectivity index (χ2n) is 4.11. The highest BCUT2D eigenvalue weighted by Crippen LogP contribution is 2.37. The van der Waals surface area contributed by atoms with Gasteiger partial charge < -0.3 is 5.32 Å². The number of H-pyrrole nitrogens is 1. The fraction of sp³-hybridized carbons (Fsp3) is 0.417. The maximum absolute atomic E-state index is 4.38. The smallest absolute Gasteiger partial charge is 0.151 e. The predicted molar refractivity (Wildman–Crippen MR) is 68.1 cm³/mol. The number of thiophene rings is 1. The third kappa shape index (κ3) is 1.45. The summed E-state index contributed by atoms with van der Waals surface area (Å²) in [6, 6.07) is 2.19. The zero-order valence-corrected chi connectivity index (χ0v) is 10.2. The zero-order chi connectivity index (χ0) is 11.0. The standard InChI is InChI=1S/C12H15N3S/c1-2-6-13-12-9-3-4-10-8(5-7-16-10)11(9)14-15-12/h5,7H,2-4,6H2,1H3,(H2,13,14,15). The summed E-state index contributed by atoms with van der Waals surface area (Å²) in [4.78, 5) is 1.48. The number of rotatable bonds is 3. The molecule has 0 atom stereocenters. The van der Waals surface area contributed by atoms with Gasteiger partial charge in [0.15, 0.2) is 5.82 Å². The molecular weight excluding hydrogens is 218 g/mol. The minimum Gasteiger partial charge on any atom is -0.368 e. The molecule has 1 aliphatic carbocycles. The van der Waals surface area contributed by atoms with Gasteiger partial charge in [0.1, 0.15) is 0 Å². The van der Waals surface area contributed by atoms with Crippen LogP contribution in [0.4, 0.5) is 5.82 Å². The number of nitrogens with zero attached hydrogens (tertiary/aromatic N) is 1. The molecule has 3 rings (SSSR count). The number of hydrogen-bond acceptors (Lipinski definition) is 3. The van der Waals surface area contributed by atoms with Crippen LogP contribution in [0.5, 0.6) is 0 Å². The lowest BCUT2D eigenvalue weighted by Gasteiger charge is -2.12. The summed E-state index contributed by atoms with van der Waals surface area (Å²) in [6.45, 7) is 3.16. The van der Waals surface area contributed by atoms with Gasteiger partial charge in [-0.25, -0.2) is 0 Å². The van der Waals surface area contributed by atoms with Crippen molar-refractivity contribution in [2.75, 3.05) is 11.9 Å². The molecule has 0 aliphatic heterocycles. The summed E-state index contributed by atoms with van der Waals surface area (Å²) in [6.07, 6.45) is 3.39. The van der Waals surface area contributed by atoms with Gasteiger partial charge in [-0.05, 0) is 30.7 Å². The van der Waals surface area contributed by atoms with Crippen LogP contribution >= 0.6 is 11.3 Å². The molecule has 0 aromatic carbocycles. The van der Waals surface area contributed by atoms with E-state index in [0.717, 1.165) is 31.6 Å². The number of aromatic nitrogens is 2. The Morgan fingerprint density at radius 1 is 1.50 bits per heavy atom. The highest BCUT2D eigenvalue weighted by molar-refractivity contribution is 7.10. The summed E-state index contributed by atoms with van der Waals surface area (Å²) in [7, 11) is 0. The summed E-state index contributed by atoms with van der Waals surface area (Å²) < 4.78 is 0. The molecule has 2 aromatic rings. The number of anilines is 1. The fourth-order valence-electron chi connectivity index (χ4n) is 2.22. The molecule has 0 saturated heterocycles. The van der Waals surface area contributed by atoms with E-state index in [2.05, 4.69) is 33.9 Å². The van der Waals surface area contributed by atoms with Crippen molar-refractivity contribution in [1.29, 1.82) is 0 Å². The Morgan fingerprint density at radius 3 is 3.31 bits per heavy atom. The first-order chi connectivity index (χ1) is 7.90. The van der Waals surface area contributed by atoms with Gasteiger partial charge in [0.25, 0.3) is 0 Å². The highest BCUT2D eigenvalue weighted by atomic mass is 32.1. The minimum atomic E-state index is 0.994. The molecule has 0 spiro atoms. The van der Waals surface area contributed by atoms with E-state index in [1.54, 1.807) is 0 Å². The second kappa shape index (κ2) is 3.94. The average Bonchev–Trinajstić information content (AvgIpc) is 2.91. The van der Waals surface area contributed by atoms with Crippen molar-refractivity contribution in [2.24, 2.45) is 0 Å². The van der Waals surface area contributed by atoms with E-state index in [1.807, 2.05) is 11.3 Å². The van der Waals surface area contributed by atoms with Crippen LogP contribution in [-0.4, -0.2) is 16.7 Å². The molecule has 2 N–H and O–H groups in total. The van der Waals surface area contributed by atoms with Crippen LogP contribution in [0.1, 0.15) is 23.8 Å². The van der Waals surface area contributed by atoms with Gasteiger partial charge in [0.05, 0.1) is 5.69 Å². The Balaban J connectivity index is 1.99. The Morgan fingerprint density at radius 2 is 2.44 bits per heavy atom. The molecule has 4 heteroatoms. The third-order valence-corrected chi connectivity index (χ3v) is 4.01. The summed E-state index contributed by atoms with van der Waals surface area (Å²) in [5.74, 6) is 1.05. The average molecular weight is 233 g/mol. The van der Waals surface area contributed by atoms with Gasteiger partial charge in [0, 0.05) is 22.5 Å². The van der Waals surface area contributed by atoms with Crippen LogP contribution in [0.15, 0.2) is 11.4 Å². The number of aromatic amines is 1. The second-order valence-corrected chi connectivity index (χ2v) is 5.11. The van der Waals surface area contributed by atoms with Crippen molar-refractivity contribution in [2.45, 2.75) is 26.2 Å². The van der Waals surface area contributed by atoms with E-state index in [4.69, 9.17) is 0 Å². The van der Waals surface area contributed by atoms with E-state index >= 15 is 0 Å². The van der Waals surface area contributed by atoms with Gasteiger partial charge in [-0.1, -0.05) is 6.92 Å². The van der Waals surface area contributed by atoms with Crippen molar-refractivity contribution in [3.05, 3.63) is 21.9 Å². The Labute approximate surface area is 98.9 Å². The van der Waals surface area contributed by atoms with Crippen molar-refractivity contribution < 1.29 is 0 Å². The molecule has 2 aromatic heterocycles. The number of aryl methyl sites for hydroxylation is 1. The van der Waals surface area contributed by atoms with Crippen molar-refractivity contribution >= 4 is 17.2 Å². The molecule has 0 radical (unpaired) electrons. The first-order valence-electron chi connectivity index (χ1n) is 5.78. The first-order valence-corrected chi connectivity index (χ1v) is 6.66. The molecule has 0 fully saturated rings. The monoisotopic (exact) mass is 233 g/mol. The summed E-state index contributed by atoms with van der Waals surface area (Å²) in [5, 5.41) is 13.1. The van der Waals surface area contributed by atoms with Gasteiger partial charge in [0.2, 0.25) is 0 Å². The van der Waals surface area contributed by atoms with Crippen LogP contribution in [0, 0.1) is 0 Å². The van der Waals surface area contributed by atoms with Crippen LogP contribution in [0.3, 0.4) is 0 Å². The van der Waals surface area contributed by atoms with Crippen molar-refractivity contribution in [3.63, 3.8) is 0 Å². The van der Waals surface area contributed by atoms with Crippen LogP contribution in [0.25, 0.3) is 11.3 Å². The topological polar surface area (TPSA) is 40.7 Å². The first kappa shape index (κ1) is 9.90. The lowest BCUT2D eigenvalue weighted by Crippen LogP contribution is -2.05. The fourth-order valence-corrected chi connectivity index (χ4v) is 3.10. The number of nitrogens with one attached hydrogen (secondary N) is 2. The Kier molecular flexibility index (Phi) is 2.44. The highest BCUT2D eigenvalue weighted by Gasteiger charge is 2.22. The molecule has 2 heterocycles. The Bertz CT molecular complexity index is 498. The maximum Gasteiger partial charge on any atom is 0.151 e. The van der Waals surface area contributed by atoms with Gasteiger partial charge in [-0.15, -0.1) is 11.3 Å². The van der Waals surface area contributed by atoms with Gasteiger partial charge >= 0.3 is 0 Å². The molecule has 3 nitrogen and oxygen atoms in total. The molecule has 16 heavy (non-hydrogen) atoms. The normalized spacial score (nSPS) is 13.3. The molecule has 0 amide bonds. The van der Waals surface area contributed by atoms with E-state index in [0.29, 0.717) is 0 Å². The maximum atomic E-state index is 4.38. The SMILES string of the molecule is CCCNc1n[nH]c2c1CCc1sccc1-2. The lowest BCUT2D eigenvalue weighted by molar-refractivity contribution is 0.940. The molecule has 1 aliphatic rings. The lowest BCUT2D eigenvalue weighted by atomic mass is 9.96. The third-order valence-electron chi connectivity index (χ3n) is 3.03. The van der Waals surface area contributed by atoms with Gasteiger partial charge in [-0.2, -0.15) is 5.10 Å². The zero-order valence-electron chi connectivity index (χ0n) is 9.34. The predicted octanol–water partition coefficient (Wildman–Crippen LogP) is 3.06. The minimum absolute atomic E-state index is 0.994. The van der Waals surface area contributed by atoms with E-state index in [-0.39, 0.29) is 0 Å². The molecule has 84 valence electrons. The van der Waals surface area contributed by atoms with Gasteiger partial charge in [-0.3, -0.25) is 5.10 Å². The van der Waals surface area contributed by atoms with Crippen LogP contribution in [-0.2, 0) is 12.8 Å². The van der Waals surface area contributed by atoms with E-state index < -0.39 is 0 Å². The Hall–Kier alpha value is -1.29. The largest absolute Gasteiger partial charge is 0.368 e. The number of fused-ring (bicyclic) bond motifs is 3. The molecular formula is C12H15N3S. The van der Waals surface area contributed by atoms with Crippen molar-refractivity contribution in [1.82, 2.24) is 10.2 Å². The van der Waals surface area contributed by atoms with E-state index in [9.17, 15) is 0 Å². The quantitative estimate of drug-likeness (QED) is 0.855. The van der Waals surface area contributed by atoms with Crippen LogP contribution in [0.2, 0.25) is 0 Å². The molecule has 0 bridgehead atoms. The van der Waals surface area contributed by atoms with Crippen molar-refractivity contribution in [3.8, 4) is 11.3 Å². The van der Waals surface area contributed by atoms with Crippen LogP contribution < -0.4 is 5.32 Å². The molecule has 0 unspecified atom stereocenters. The summed E-state index contributed by atoms with van der Waals surface area (Å²) in [5.41, 5.74) is 3.93. The number of hydrogen-bond donors (Lipinski definition) is 2. The molecule has 0 saturated carbocycles. The summed E-state index contributed by atoms with van der Waals surface area (Å²) >= 11 is 1.85.